The van der Waals surface area contributed by atoms with Gasteiger partial charge in [0.2, 0.25) is 5.91 Å². The summed E-state index contributed by atoms with van der Waals surface area (Å²) in [6.45, 7) is -0.245. The lowest BCUT2D eigenvalue weighted by Gasteiger charge is -2.20. The minimum atomic E-state index is -4.84. The Balaban J connectivity index is 1.28. The molecular weight excluding hydrogens is 661 g/mol. The highest BCUT2D eigenvalue weighted by atomic mass is 32.2. The van der Waals surface area contributed by atoms with Crippen LogP contribution < -0.4 is 15.0 Å². The molecular formula is C29H21F7N6O4S. The van der Waals surface area contributed by atoms with E-state index >= 15 is 4.39 Å². The standard InChI is InChI=1S/C29H21F7N6O4S/c1-16-2-9-23(18(10-16)12-45-14-28(31,32)33)42-24(43)13-47-27(42)39-26(44)38-22-8-3-17(11-21(22)30)25-37-15-41(40-25)19-4-6-20(7-5-19)46-29(34,35)36/h2-11,15H,12-14H2,1H3,(H,38,44)/b39-27-. The smallest absolute Gasteiger partial charge is 0.406 e. The molecule has 1 aromatic heterocycles. The third-order valence-electron chi connectivity index (χ3n) is 6.26. The Labute approximate surface area is 265 Å². The molecule has 5 rings (SSSR count). The molecule has 1 N–H and O–H groups in total. The van der Waals surface area contributed by atoms with Crippen LogP contribution in [0.2, 0.25) is 0 Å². The largest absolute Gasteiger partial charge is 0.573 e. The summed E-state index contributed by atoms with van der Waals surface area (Å²) in [5.41, 5.74) is 1.45. The van der Waals surface area contributed by atoms with Gasteiger partial charge in [0.05, 0.1) is 29.4 Å². The van der Waals surface area contributed by atoms with E-state index in [2.05, 4.69) is 25.1 Å². The zero-order chi connectivity index (χ0) is 33.9. The molecule has 1 fully saturated rings. The fourth-order valence-corrected chi connectivity index (χ4v) is 5.17. The van der Waals surface area contributed by atoms with E-state index in [0.717, 1.165) is 34.9 Å². The molecule has 246 valence electrons. The lowest BCUT2D eigenvalue weighted by Crippen LogP contribution is -2.31. The molecule has 18 heteroatoms. The molecule has 0 spiro atoms. The van der Waals surface area contributed by atoms with Gasteiger partial charge >= 0.3 is 18.6 Å². The molecule has 0 aliphatic carbocycles. The van der Waals surface area contributed by atoms with E-state index in [-0.39, 0.29) is 39.2 Å². The number of benzene rings is 3. The number of nitrogens with one attached hydrogen (secondary N) is 1. The van der Waals surface area contributed by atoms with Crippen molar-refractivity contribution in [1.29, 1.82) is 0 Å². The molecule has 3 amide bonds. The van der Waals surface area contributed by atoms with Crippen LogP contribution in [0.25, 0.3) is 17.1 Å². The van der Waals surface area contributed by atoms with Crippen LogP contribution in [0.15, 0.2) is 72.0 Å². The topological polar surface area (TPSA) is 111 Å². The first kappa shape index (κ1) is 33.4. The van der Waals surface area contributed by atoms with Crippen molar-refractivity contribution in [3.05, 3.63) is 83.9 Å². The number of aryl methyl sites for hydroxylation is 1. The van der Waals surface area contributed by atoms with Crippen LogP contribution in [0.4, 0.5) is 46.9 Å². The van der Waals surface area contributed by atoms with Gasteiger partial charge < -0.3 is 14.8 Å². The number of amides is 3. The molecule has 4 aromatic rings. The maximum absolute atomic E-state index is 15.0. The van der Waals surface area contributed by atoms with Crippen molar-refractivity contribution in [2.24, 2.45) is 4.99 Å². The number of rotatable bonds is 8. The third-order valence-corrected chi connectivity index (χ3v) is 7.18. The summed E-state index contributed by atoms with van der Waals surface area (Å²) in [6, 6.07) is 12.2. The SMILES string of the molecule is Cc1ccc(N2C(=O)CS/C2=N\C(=O)Nc2ccc(-c3ncn(-c4ccc(OC(F)(F)F)cc4)n3)cc2F)c(COCC(F)(F)F)c1. The van der Waals surface area contributed by atoms with E-state index in [1.54, 1.807) is 19.1 Å². The average molecular weight is 683 g/mol. The fourth-order valence-electron chi connectivity index (χ4n) is 4.31. The van der Waals surface area contributed by atoms with Crippen LogP contribution in [-0.2, 0) is 16.1 Å². The number of aliphatic imine (C=N–C) groups is 1. The zero-order valence-electron chi connectivity index (χ0n) is 23.9. The molecule has 1 aliphatic heterocycles. The minimum Gasteiger partial charge on any atom is -0.406 e. The van der Waals surface area contributed by atoms with E-state index in [1.165, 1.54) is 41.3 Å². The molecule has 0 atom stereocenters. The summed E-state index contributed by atoms with van der Waals surface area (Å²) in [4.78, 5) is 34.6. The van der Waals surface area contributed by atoms with Crippen molar-refractivity contribution < 1.29 is 49.8 Å². The van der Waals surface area contributed by atoms with Crippen molar-refractivity contribution in [2.45, 2.75) is 26.1 Å². The number of hydrogen-bond acceptors (Lipinski definition) is 7. The van der Waals surface area contributed by atoms with Gasteiger partial charge in [0.15, 0.2) is 11.0 Å². The lowest BCUT2D eigenvalue weighted by atomic mass is 10.1. The summed E-state index contributed by atoms with van der Waals surface area (Å²) in [5.74, 6) is -1.81. The highest BCUT2D eigenvalue weighted by Crippen LogP contribution is 2.32. The first-order chi connectivity index (χ1) is 22.1. The van der Waals surface area contributed by atoms with Gasteiger partial charge in [0.25, 0.3) is 0 Å². The van der Waals surface area contributed by atoms with Gasteiger partial charge in [0.1, 0.15) is 24.5 Å². The number of alkyl halides is 6. The number of amidine groups is 1. The number of nitrogens with zero attached hydrogens (tertiary/aromatic N) is 5. The Morgan fingerprint density at radius 3 is 2.47 bits per heavy atom. The molecule has 1 aliphatic rings. The van der Waals surface area contributed by atoms with Crippen LogP contribution >= 0.6 is 11.8 Å². The molecule has 1 saturated heterocycles. The van der Waals surface area contributed by atoms with Gasteiger partial charge in [-0.1, -0.05) is 29.5 Å². The van der Waals surface area contributed by atoms with Crippen molar-refractivity contribution >= 4 is 40.2 Å². The molecule has 0 bridgehead atoms. The highest BCUT2D eigenvalue weighted by molar-refractivity contribution is 8.15. The highest BCUT2D eigenvalue weighted by Gasteiger charge is 2.33. The molecule has 47 heavy (non-hydrogen) atoms. The number of ether oxygens (including phenoxy) is 2. The van der Waals surface area contributed by atoms with Crippen LogP contribution in [0.5, 0.6) is 5.75 Å². The van der Waals surface area contributed by atoms with Crippen LogP contribution in [0, 0.1) is 12.7 Å². The van der Waals surface area contributed by atoms with Gasteiger partial charge in [-0.05, 0) is 55.5 Å². The Bertz CT molecular complexity index is 1830. The third kappa shape index (κ3) is 8.64. The Hall–Kier alpha value is -4.97. The summed E-state index contributed by atoms with van der Waals surface area (Å²) in [6.07, 6.45) is -8.12. The molecule has 0 radical (unpaired) electrons. The van der Waals surface area contributed by atoms with Gasteiger partial charge in [-0.3, -0.25) is 9.69 Å². The lowest BCUT2D eigenvalue weighted by molar-refractivity contribution is -0.274. The number of carbonyl (C=O) groups excluding carboxylic acids is 2. The van der Waals surface area contributed by atoms with Crippen LogP contribution in [-0.4, -0.2) is 56.8 Å². The fraction of sp³-hybridized carbons (Fsp3) is 0.207. The maximum Gasteiger partial charge on any atom is 0.573 e. The van der Waals surface area contributed by atoms with Gasteiger partial charge in [0, 0.05) is 11.1 Å². The van der Waals surface area contributed by atoms with Crippen LogP contribution in [0.3, 0.4) is 0 Å². The molecule has 0 saturated carbocycles. The number of carbonyl (C=O) groups is 2. The normalized spacial score (nSPS) is 14.6. The minimum absolute atomic E-state index is 0.0711. The molecule has 2 heterocycles. The van der Waals surface area contributed by atoms with E-state index in [9.17, 15) is 35.9 Å². The monoisotopic (exact) mass is 682 g/mol. The second kappa shape index (κ2) is 13.4. The number of anilines is 2. The Morgan fingerprint density at radius 1 is 1.04 bits per heavy atom. The van der Waals surface area contributed by atoms with Crippen LogP contribution in [0.1, 0.15) is 11.1 Å². The number of halogens is 7. The van der Waals surface area contributed by atoms with E-state index in [0.29, 0.717) is 11.3 Å². The predicted molar refractivity (Wildman–Crippen MR) is 157 cm³/mol. The first-order valence-electron chi connectivity index (χ1n) is 13.3. The van der Waals surface area contributed by atoms with Crippen molar-refractivity contribution in [3.63, 3.8) is 0 Å². The summed E-state index contributed by atoms with van der Waals surface area (Å²) >= 11 is 0.916. The Kier molecular flexibility index (Phi) is 9.53. The summed E-state index contributed by atoms with van der Waals surface area (Å²) in [7, 11) is 0. The quantitative estimate of drug-likeness (QED) is 0.199. The molecule has 0 unspecified atom stereocenters. The number of urea groups is 1. The molecule has 3 aromatic carbocycles. The Morgan fingerprint density at radius 2 is 1.79 bits per heavy atom. The van der Waals surface area contributed by atoms with Crippen molar-refractivity contribution in [3.8, 4) is 22.8 Å². The number of thioether (sulfide) groups is 1. The van der Waals surface area contributed by atoms with E-state index in [1.807, 2.05) is 0 Å². The van der Waals surface area contributed by atoms with E-state index < -0.39 is 49.3 Å². The van der Waals surface area contributed by atoms with E-state index in [4.69, 9.17) is 4.74 Å². The predicted octanol–water partition coefficient (Wildman–Crippen LogP) is 7.03. The number of aromatic nitrogens is 3. The number of hydrogen-bond donors (Lipinski definition) is 1. The second-order valence-electron chi connectivity index (χ2n) is 9.83. The maximum atomic E-state index is 15.0. The average Bonchev–Trinajstić information content (AvgIpc) is 3.61. The molecule has 10 nitrogen and oxygen atoms in total. The summed E-state index contributed by atoms with van der Waals surface area (Å²) < 4.78 is 100.0. The summed E-state index contributed by atoms with van der Waals surface area (Å²) in [5, 5.41) is 6.42. The first-order valence-corrected chi connectivity index (χ1v) is 14.3. The van der Waals surface area contributed by atoms with Gasteiger partial charge in [-0.25, -0.2) is 18.9 Å². The van der Waals surface area contributed by atoms with Crippen molar-refractivity contribution in [2.75, 3.05) is 22.6 Å². The second-order valence-corrected chi connectivity index (χ2v) is 10.8. The zero-order valence-corrected chi connectivity index (χ0v) is 24.7. The van der Waals surface area contributed by atoms with Gasteiger partial charge in [-0.15, -0.1) is 18.3 Å². The van der Waals surface area contributed by atoms with Crippen molar-refractivity contribution in [1.82, 2.24) is 14.8 Å². The van der Waals surface area contributed by atoms with Gasteiger partial charge in [-0.2, -0.15) is 18.2 Å².